The summed E-state index contributed by atoms with van der Waals surface area (Å²) in [6.45, 7) is 1.61. The Morgan fingerprint density at radius 3 is 2.24 bits per heavy atom. The average molecular weight is 501 g/mol. The van der Waals surface area contributed by atoms with Crippen LogP contribution in [0.5, 0.6) is 17.2 Å². The van der Waals surface area contributed by atoms with Gasteiger partial charge in [0, 0.05) is 37.1 Å². The first-order chi connectivity index (χ1) is 16.4. The minimum absolute atomic E-state index is 0.0462. The van der Waals surface area contributed by atoms with E-state index in [-0.39, 0.29) is 10.5 Å². The molecule has 11 heteroatoms. The van der Waals surface area contributed by atoms with Crippen molar-refractivity contribution in [2.75, 3.05) is 52.4 Å². The van der Waals surface area contributed by atoms with Gasteiger partial charge in [0.05, 0.1) is 37.5 Å². The second-order valence-electron chi connectivity index (χ2n) is 7.43. The zero-order valence-corrected chi connectivity index (χ0v) is 20.6. The fraction of sp³-hybridized carbons (Fsp3) is 0.304. The first kappa shape index (κ1) is 23.8. The first-order valence-corrected chi connectivity index (χ1v) is 12.7. The molecule has 0 spiro atoms. The number of methoxy groups -OCH3 is 3. The van der Waals surface area contributed by atoms with Gasteiger partial charge in [-0.25, -0.2) is 13.4 Å². The van der Waals surface area contributed by atoms with E-state index in [1.165, 1.54) is 27.8 Å². The number of nitriles is 1. The van der Waals surface area contributed by atoms with Gasteiger partial charge in [0.15, 0.2) is 16.6 Å². The highest BCUT2D eigenvalue weighted by Gasteiger charge is 2.31. The van der Waals surface area contributed by atoms with Gasteiger partial charge in [0.2, 0.25) is 15.8 Å². The molecule has 3 aromatic rings. The van der Waals surface area contributed by atoms with E-state index in [0.29, 0.717) is 43.4 Å². The fourth-order valence-corrected chi connectivity index (χ4v) is 6.27. The van der Waals surface area contributed by atoms with Gasteiger partial charge in [-0.1, -0.05) is 12.1 Å². The van der Waals surface area contributed by atoms with Crippen LogP contribution in [0.3, 0.4) is 0 Å². The molecule has 0 atom stereocenters. The van der Waals surface area contributed by atoms with Crippen LogP contribution in [-0.2, 0) is 10.0 Å². The molecule has 9 nitrogen and oxygen atoms in total. The largest absolute Gasteiger partial charge is 0.493 e. The first-order valence-electron chi connectivity index (χ1n) is 10.4. The van der Waals surface area contributed by atoms with Crippen molar-refractivity contribution >= 4 is 26.5 Å². The van der Waals surface area contributed by atoms with Gasteiger partial charge >= 0.3 is 0 Å². The van der Waals surface area contributed by atoms with Crippen LogP contribution in [0.2, 0.25) is 0 Å². The summed E-state index contributed by atoms with van der Waals surface area (Å²) in [5.74, 6) is 1.60. The van der Waals surface area contributed by atoms with Crippen molar-refractivity contribution in [3.05, 3.63) is 47.3 Å². The summed E-state index contributed by atoms with van der Waals surface area (Å²) < 4.78 is 43.8. The third-order valence-corrected chi connectivity index (χ3v) is 8.45. The molecule has 1 aliphatic rings. The Hall–Kier alpha value is -3.33. The Bertz CT molecular complexity index is 1300. The Morgan fingerprint density at radius 1 is 1.00 bits per heavy atom. The van der Waals surface area contributed by atoms with Gasteiger partial charge in [-0.15, -0.1) is 11.3 Å². The van der Waals surface area contributed by atoms with Crippen LogP contribution < -0.4 is 19.1 Å². The predicted molar refractivity (Wildman–Crippen MR) is 129 cm³/mol. The van der Waals surface area contributed by atoms with E-state index in [2.05, 4.69) is 4.90 Å². The topological polar surface area (TPSA) is 105 Å². The molecule has 0 bridgehead atoms. The Balaban J connectivity index is 1.51. The molecule has 0 radical (unpaired) electrons. The van der Waals surface area contributed by atoms with Crippen LogP contribution in [0.15, 0.2) is 46.7 Å². The van der Waals surface area contributed by atoms with Crippen LogP contribution in [0.1, 0.15) is 5.56 Å². The average Bonchev–Trinajstić information content (AvgIpc) is 3.38. The van der Waals surface area contributed by atoms with Crippen molar-refractivity contribution < 1.29 is 22.6 Å². The predicted octanol–water partition coefficient (Wildman–Crippen LogP) is 3.22. The summed E-state index contributed by atoms with van der Waals surface area (Å²) in [4.78, 5) is 6.87. The maximum atomic E-state index is 13.1. The van der Waals surface area contributed by atoms with E-state index in [0.717, 1.165) is 16.4 Å². The summed E-state index contributed by atoms with van der Waals surface area (Å²) >= 11 is 1.49. The molecule has 1 aromatic heterocycles. The number of anilines is 1. The maximum Gasteiger partial charge on any atom is 0.244 e. The van der Waals surface area contributed by atoms with Crippen molar-refractivity contribution in [2.24, 2.45) is 0 Å². The molecular formula is C23H24N4O5S2. The van der Waals surface area contributed by atoms with E-state index in [4.69, 9.17) is 19.2 Å². The number of ether oxygens (including phenoxy) is 3. The number of piperazine rings is 1. The minimum atomic E-state index is -3.74. The van der Waals surface area contributed by atoms with Crippen LogP contribution >= 0.6 is 11.3 Å². The lowest BCUT2D eigenvalue weighted by Gasteiger charge is -2.33. The Morgan fingerprint density at radius 2 is 1.65 bits per heavy atom. The van der Waals surface area contributed by atoms with Crippen LogP contribution in [-0.4, -0.2) is 65.2 Å². The zero-order valence-electron chi connectivity index (χ0n) is 19.0. The number of hydrogen-bond acceptors (Lipinski definition) is 9. The van der Waals surface area contributed by atoms with Gasteiger partial charge in [-0.05, 0) is 24.3 Å². The lowest BCUT2D eigenvalue weighted by molar-refractivity contribution is 0.324. The van der Waals surface area contributed by atoms with Crippen molar-refractivity contribution in [1.29, 1.82) is 5.26 Å². The number of hydrogen-bond donors (Lipinski definition) is 0. The summed E-state index contributed by atoms with van der Waals surface area (Å²) in [7, 11) is 0.944. The van der Waals surface area contributed by atoms with Gasteiger partial charge in [0.1, 0.15) is 6.07 Å². The number of nitrogens with zero attached hydrogens (tertiary/aromatic N) is 4. The smallest absolute Gasteiger partial charge is 0.244 e. The van der Waals surface area contributed by atoms with Crippen molar-refractivity contribution in [3.8, 4) is 34.6 Å². The molecule has 0 N–H and O–H groups in total. The van der Waals surface area contributed by atoms with E-state index in [1.54, 1.807) is 33.5 Å². The molecule has 0 amide bonds. The molecule has 1 aliphatic heterocycles. The second-order valence-corrected chi connectivity index (χ2v) is 10.2. The third-order valence-electron chi connectivity index (χ3n) is 5.59. The van der Waals surface area contributed by atoms with Gasteiger partial charge in [0.25, 0.3) is 0 Å². The molecule has 0 saturated carbocycles. The third kappa shape index (κ3) is 4.40. The fourth-order valence-electron chi connectivity index (χ4n) is 3.81. The normalized spacial score (nSPS) is 14.5. The quantitative estimate of drug-likeness (QED) is 0.487. The lowest BCUT2D eigenvalue weighted by atomic mass is 10.1. The van der Waals surface area contributed by atoms with Crippen molar-refractivity contribution in [1.82, 2.24) is 9.29 Å². The summed E-state index contributed by atoms with van der Waals surface area (Å²) in [6.07, 6.45) is 0. The SMILES string of the molecule is COc1cc(-c2csc(N3CCN(S(=O)(=O)c4ccccc4C#N)CC3)n2)cc(OC)c1OC. The molecule has 1 saturated heterocycles. The van der Waals surface area contributed by atoms with E-state index in [9.17, 15) is 13.7 Å². The standard InChI is InChI=1S/C23H24N4O5S2/c1-30-19-12-17(13-20(31-2)22(19)32-3)18-15-33-23(25-18)26-8-10-27(11-9-26)34(28,29)21-7-5-4-6-16(21)14-24/h4-7,12-13,15H,8-11H2,1-3H3. The molecule has 0 aliphatic carbocycles. The summed E-state index contributed by atoms with van der Waals surface area (Å²) in [5.41, 5.74) is 1.74. The summed E-state index contributed by atoms with van der Waals surface area (Å²) in [6, 6.07) is 11.9. The second kappa shape index (κ2) is 9.89. The minimum Gasteiger partial charge on any atom is -0.493 e. The van der Waals surface area contributed by atoms with E-state index in [1.807, 2.05) is 23.6 Å². The molecule has 1 fully saturated rings. The van der Waals surface area contributed by atoms with E-state index < -0.39 is 10.0 Å². The highest BCUT2D eigenvalue weighted by atomic mass is 32.2. The molecule has 2 aromatic carbocycles. The number of benzene rings is 2. The molecular weight excluding hydrogens is 476 g/mol. The zero-order chi connectivity index (χ0) is 24.3. The van der Waals surface area contributed by atoms with Crippen LogP contribution in [0.25, 0.3) is 11.3 Å². The monoisotopic (exact) mass is 500 g/mol. The van der Waals surface area contributed by atoms with E-state index >= 15 is 0 Å². The number of rotatable bonds is 7. The highest BCUT2D eigenvalue weighted by Crippen LogP contribution is 2.42. The van der Waals surface area contributed by atoms with Gasteiger partial charge in [-0.3, -0.25) is 0 Å². The lowest BCUT2D eigenvalue weighted by Crippen LogP contribution is -2.48. The van der Waals surface area contributed by atoms with Gasteiger partial charge < -0.3 is 19.1 Å². The van der Waals surface area contributed by atoms with Crippen LogP contribution in [0, 0.1) is 11.3 Å². The van der Waals surface area contributed by atoms with Crippen LogP contribution in [0.4, 0.5) is 5.13 Å². The number of thiazole rings is 1. The highest BCUT2D eigenvalue weighted by molar-refractivity contribution is 7.89. The maximum absolute atomic E-state index is 13.1. The molecule has 34 heavy (non-hydrogen) atoms. The van der Waals surface area contributed by atoms with Crippen molar-refractivity contribution in [2.45, 2.75) is 4.90 Å². The number of aromatic nitrogens is 1. The molecule has 178 valence electrons. The van der Waals surface area contributed by atoms with Crippen molar-refractivity contribution in [3.63, 3.8) is 0 Å². The van der Waals surface area contributed by atoms with Gasteiger partial charge in [-0.2, -0.15) is 9.57 Å². The Labute approximate surface area is 202 Å². The number of sulfonamides is 1. The molecule has 2 heterocycles. The Kier molecular flexibility index (Phi) is 6.92. The summed E-state index contributed by atoms with van der Waals surface area (Å²) in [5, 5.41) is 12.0. The molecule has 0 unspecified atom stereocenters. The molecule has 4 rings (SSSR count).